The number of halogens is 2. The van der Waals surface area contributed by atoms with E-state index >= 15 is 4.39 Å². The third-order valence-corrected chi connectivity index (χ3v) is 11.1. The Labute approximate surface area is 325 Å². The minimum absolute atomic E-state index is 0.0130. The Morgan fingerprint density at radius 1 is 1.00 bits per heavy atom. The number of hydrogen-bond donors (Lipinski definition) is 2. The summed E-state index contributed by atoms with van der Waals surface area (Å²) in [5.74, 6) is -0.294. The molecule has 1 heterocycles. The van der Waals surface area contributed by atoms with Crippen LogP contribution in [0.5, 0.6) is 11.5 Å². The van der Waals surface area contributed by atoms with Gasteiger partial charge in [-0.25, -0.2) is 31.7 Å². The van der Waals surface area contributed by atoms with Gasteiger partial charge in [-0.05, 0) is 98.4 Å². The zero-order valence-electron chi connectivity index (χ0n) is 31.9. The number of carbonyl (C=O) groups excluding carboxylic acids is 2. The van der Waals surface area contributed by atoms with Crippen LogP contribution >= 0.6 is 23.1 Å². The number of amides is 2. The number of nitrogens with zero attached hydrogens (tertiary/aromatic N) is 4. The number of benzene rings is 2. The van der Waals surface area contributed by atoms with E-state index < -0.39 is 44.1 Å². The van der Waals surface area contributed by atoms with E-state index in [2.05, 4.69) is 20.0 Å². The molecule has 14 nitrogen and oxygen atoms in total. The largest absolute Gasteiger partial charge is 0.497 e. The molecule has 1 aliphatic carbocycles. The van der Waals surface area contributed by atoms with Crippen molar-refractivity contribution in [1.29, 1.82) is 0 Å². The standard InChI is InChI=1S/C36H50ClFN6O8S2/c1-35(2,3)51-33(45)42-28-13-11-12-27(28)39-16-9-10-17-43(34(46)52-36(4,5)6)29-20-26(38)31(19-25(29)37)54(47,48)44(32-40-22-41-53-32)21-23-14-15-24(49-7)18-30(23)50-8/h14-15,18-20,22,27-28,39H,9-13,16-17,21H2,1-8H3,(H,42,45)/t27-,28-/m1/s1. The highest BCUT2D eigenvalue weighted by atomic mass is 35.5. The number of carbonyl (C=O) groups is 2. The number of methoxy groups -OCH3 is 2. The quantitative estimate of drug-likeness (QED) is 0.148. The Balaban J connectivity index is 1.53. The lowest BCUT2D eigenvalue weighted by atomic mass is 10.1. The zero-order chi connectivity index (χ0) is 39.8. The van der Waals surface area contributed by atoms with Crippen LogP contribution in [0, 0.1) is 5.82 Å². The van der Waals surface area contributed by atoms with Crippen LogP contribution in [0.3, 0.4) is 0 Å². The number of hydrogen-bond acceptors (Lipinski definition) is 12. The number of nitrogens with one attached hydrogen (secondary N) is 2. The lowest BCUT2D eigenvalue weighted by Crippen LogP contribution is -2.48. The van der Waals surface area contributed by atoms with Crippen molar-refractivity contribution in [1.82, 2.24) is 20.0 Å². The number of rotatable bonds is 15. The summed E-state index contributed by atoms with van der Waals surface area (Å²) in [4.78, 5) is 30.4. The summed E-state index contributed by atoms with van der Waals surface area (Å²) in [6.45, 7) is 11.0. The van der Waals surface area contributed by atoms with Gasteiger partial charge >= 0.3 is 12.2 Å². The molecule has 3 aromatic rings. The van der Waals surface area contributed by atoms with Crippen LogP contribution < -0.4 is 29.3 Å². The van der Waals surface area contributed by atoms with Gasteiger partial charge in [-0.1, -0.05) is 11.6 Å². The fraction of sp³-hybridized carbons (Fsp3) is 0.556. The van der Waals surface area contributed by atoms with Gasteiger partial charge in [0.1, 0.15) is 39.7 Å². The van der Waals surface area contributed by atoms with Crippen molar-refractivity contribution in [2.75, 3.05) is 36.5 Å². The molecule has 18 heteroatoms. The van der Waals surface area contributed by atoms with Crippen molar-refractivity contribution in [2.45, 2.75) is 108 Å². The van der Waals surface area contributed by atoms with Crippen LogP contribution in [0.2, 0.25) is 5.02 Å². The van der Waals surface area contributed by atoms with E-state index in [1.165, 1.54) is 25.4 Å². The summed E-state index contributed by atoms with van der Waals surface area (Å²) in [7, 11) is -1.72. The highest BCUT2D eigenvalue weighted by Gasteiger charge is 2.34. The number of unbranched alkanes of at least 4 members (excludes halogenated alkanes) is 1. The van der Waals surface area contributed by atoms with Crippen LogP contribution in [-0.2, 0) is 26.0 Å². The zero-order valence-corrected chi connectivity index (χ0v) is 34.3. The molecule has 0 bridgehead atoms. The van der Waals surface area contributed by atoms with Crippen molar-refractivity contribution in [3.8, 4) is 11.5 Å². The minimum atomic E-state index is -4.64. The van der Waals surface area contributed by atoms with Crippen LogP contribution in [0.1, 0.15) is 79.2 Å². The first kappa shape index (κ1) is 42.8. The Morgan fingerprint density at radius 3 is 2.33 bits per heavy atom. The van der Waals surface area contributed by atoms with E-state index in [1.54, 1.807) is 39.0 Å². The summed E-state index contributed by atoms with van der Waals surface area (Å²) in [6.07, 6.45) is 3.72. The van der Waals surface area contributed by atoms with Crippen LogP contribution in [0.25, 0.3) is 0 Å². The first-order valence-corrected chi connectivity index (χ1v) is 20.1. The minimum Gasteiger partial charge on any atom is -0.497 e. The third-order valence-electron chi connectivity index (χ3n) is 8.28. The molecule has 0 aliphatic heterocycles. The molecule has 0 unspecified atom stereocenters. The molecule has 1 fully saturated rings. The summed E-state index contributed by atoms with van der Waals surface area (Å²) >= 11 is 7.51. The average molecular weight is 813 g/mol. The smallest absolute Gasteiger partial charge is 0.414 e. The fourth-order valence-electron chi connectivity index (χ4n) is 5.86. The highest BCUT2D eigenvalue weighted by molar-refractivity contribution is 7.93. The topological polar surface area (TPSA) is 162 Å². The number of alkyl carbamates (subject to hydrolysis) is 1. The first-order valence-electron chi connectivity index (χ1n) is 17.6. The molecular weight excluding hydrogens is 763 g/mol. The van der Waals surface area contributed by atoms with Gasteiger partial charge in [-0.2, -0.15) is 4.37 Å². The van der Waals surface area contributed by atoms with E-state index in [-0.39, 0.29) is 41.0 Å². The monoisotopic (exact) mass is 812 g/mol. The second kappa shape index (κ2) is 18.1. The highest BCUT2D eigenvalue weighted by Crippen LogP contribution is 2.37. The molecular formula is C36H50ClFN6O8S2. The van der Waals surface area contributed by atoms with E-state index in [1.807, 2.05) is 20.8 Å². The summed E-state index contributed by atoms with van der Waals surface area (Å²) in [5, 5.41) is 6.26. The van der Waals surface area contributed by atoms with Crippen LogP contribution in [0.15, 0.2) is 41.6 Å². The molecule has 1 aliphatic rings. The van der Waals surface area contributed by atoms with E-state index in [0.29, 0.717) is 36.4 Å². The van der Waals surface area contributed by atoms with Crippen LogP contribution in [-0.4, -0.2) is 80.6 Å². The van der Waals surface area contributed by atoms with Gasteiger partial charge in [0, 0.05) is 47.9 Å². The Kier molecular flexibility index (Phi) is 14.4. The molecule has 2 atom stereocenters. The van der Waals surface area contributed by atoms with Gasteiger partial charge in [-0.3, -0.25) is 4.90 Å². The van der Waals surface area contributed by atoms with Crippen LogP contribution in [0.4, 0.5) is 24.8 Å². The maximum atomic E-state index is 16.1. The molecule has 1 aromatic heterocycles. The van der Waals surface area contributed by atoms with Crippen molar-refractivity contribution in [3.63, 3.8) is 0 Å². The van der Waals surface area contributed by atoms with E-state index in [9.17, 15) is 18.0 Å². The van der Waals surface area contributed by atoms with Crippen molar-refractivity contribution >= 4 is 56.2 Å². The summed E-state index contributed by atoms with van der Waals surface area (Å²) in [5.41, 5.74) is -1.08. The molecule has 4 rings (SSSR count). The maximum Gasteiger partial charge on any atom is 0.414 e. The molecule has 0 saturated heterocycles. The fourth-order valence-corrected chi connectivity index (χ4v) is 8.39. The lowest BCUT2D eigenvalue weighted by Gasteiger charge is -2.29. The first-order chi connectivity index (χ1) is 25.3. The van der Waals surface area contributed by atoms with Crippen molar-refractivity contribution in [3.05, 3.63) is 53.1 Å². The van der Waals surface area contributed by atoms with Gasteiger partial charge in [0.05, 0.1) is 31.5 Å². The Morgan fingerprint density at radius 2 is 1.70 bits per heavy atom. The average Bonchev–Trinajstić information content (AvgIpc) is 3.77. The molecule has 2 aromatic carbocycles. The molecule has 0 radical (unpaired) electrons. The van der Waals surface area contributed by atoms with Gasteiger partial charge in [0.25, 0.3) is 10.0 Å². The molecule has 298 valence electrons. The van der Waals surface area contributed by atoms with Gasteiger partial charge in [0.2, 0.25) is 5.13 Å². The van der Waals surface area contributed by atoms with Crippen molar-refractivity contribution in [2.24, 2.45) is 0 Å². The Bertz CT molecular complexity index is 1850. The predicted molar refractivity (Wildman–Crippen MR) is 206 cm³/mol. The number of ether oxygens (including phenoxy) is 4. The van der Waals surface area contributed by atoms with Crippen molar-refractivity contribution < 1.29 is 41.3 Å². The molecule has 0 spiro atoms. The van der Waals surface area contributed by atoms with E-state index in [0.717, 1.165) is 47.2 Å². The maximum absolute atomic E-state index is 16.1. The van der Waals surface area contributed by atoms with Gasteiger partial charge in [0.15, 0.2) is 0 Å². The lowest BCUT2D eigenvalue weighted by molar-refractivity contribution is 0.0497. The molecule has 54 heavy (non-hydrogen) atoms. The number of anilines is 2. The summed E-state index contributed by atoms with van der Waals surface area (Å²) in [6, 6.07) is 6.77. The van der Waals surface area contributed by atoms with E-state index in [4.69, 9.17) is 30.5 Å². The normalized spacial score (nSPS) is 16.1. The molecule has 2 amide bonds. The SMILES string of the molecule is COc1ccc(CN(c2ncns2)S(=O)(=O)c2cc(Cl)c(N(CCCCN[C@@H]3CCC[C@H]3NC(=O)OC(C)(C)C)C(=O)OC(C)(C)C)cc2F)c(OC)c1. The summed E-state index contributed by atoms with van der Waals surface area (Å²) < 4.78 is 71.2. The number of aromatic nitrogens is 2. The molecule has 1 saturated carbocycles. The second-order valence-corrected chi connectivity index (χ2v) is 17.7. The second-order valence-electron chi connectivity index (χ2n) is 14.7. The molecule has 2 N–H and O–H groups in total. The number of sulfonamides is 1. The van der Waals surface area contributed by atoms with Gasteiger partial charge in [-0.15, -0.1) is 0 Å². The third kappa shape index (κ3) is 11.5. The van der Waals surface area contributed by atoms with Gasteiger partial charge < -0.3 is 29.6 Å². The Hall–Kier alpha value is -3.93. The predicted octanol–water partition coefficient (Wildman–Crippen LogP) is 7.30.